The van der Waals surface area contributed by atoms with E-state index < -0.39 is 0 Å². The number of amides is 1. The highest BCUT2D eigenvalue weighted by Gasteiger charge is 2.20. The monoisotopic (exact) mass is 320 g/mol. The van der Waals surface area contributed by atoms with E-state index in [2.05, 4.69) is 26.6 Å². The van der Waals surface area contributed by atoms with Crippen LogP contribution in [-0.2, 0) is 11.3 Å². The van der Waals surface area contributed by atoms with Crippen LogP contribution in [0, 0.1) is 0 Å². The zero-order valence-corrected chi connectivity index (χ0v) is 11.9. The molecule has 0 radical (unpaired) electrons. The molecule has 1 aromatic heterocycles. The molecule has 6 heteroatoms. The summed E-state index contributed by atoms with van der Waals surface area (Å²) in [6.07, 6.45) is 0. The van der Waals surface area contributed by atoms with Gasteiger partial charge in [0, 0.05) is 27.4 Å². The fourth-order valence-corrected chi connectivity index (χ4v) is 3.84. The van der Waals surface area contributed by atoms with Crippen molar-refractivity contribution in [3.8, 4) is 0 Å². The minimum absolute atomic E-state index is 0.0301. The van der Waals surface area contributed by atoms with E-state index in [1.54, 1.807) is 11.3 Å². The predicted octanol–water partition coefficient (Wildman–Crippen LogP) is 1.83. The molecule has 3 nitrogen and oxygen atoms in total. The first-order chi connectivity index (χ1) is 7.77. The molecule has 1 fully saturated rings. The highest BCUT2D eigenvalue weighted by Crippen LogP contribution is 2.22. The Morgan fingerprint density at radius 3 is 3.19 bits per heavy atom. The van der Waals surface area contributed by atoms with Crippen molar-refractivity contribution in [2.24, 2.45) is 0 Å². The summed E-state index contributed by atoms with van der Waals surface area (Å²) in [6, 6.07) is 1.97. The number of nitrogens with one attached hydrogen (secondary N) is 2. The minimum Gasteiger partial charge on any atom is -0.350 e. The summed E-state index contributed by atoms with van der Waals surface area (Å²) < 4.78 is 1.07. The van der Waals surface area contributed by atoms with Crippen LogP contribution in [0.25, 0.3) is 0 Å². The molecule has 0 bridgehead atoms. The average Bonchev–Trinajstić information content (AvgIpc) is 2.73. The molecule has 2 N–H and O–H groups in total. The van der Waals surface area contributed by atoms with Gasteiger partial charge < -0.3 is 10.6 Å². The number of carbonyl (C=O) groups is 1. The summed E-state index contributed by atoms with van der Waals surface area (Å²) in [7, 11) is 0. The van der Waals surface area contributed by atoms with E-state index in [0.717, 1.165) is 27.4 Å². The van der Waals surface area contributed by atoms with Crippen molar-refractivity contribution in [2.75, 3.05) is 18.1 Å². The zero-order chi connectivity index (χ0) is 11.4. The molecule has 2 heterocycles. The molecule has 1 atom stereocenters. The first kappa shape index (κ1) is 12.4. The van der Waals surface area contributed by atoms with Crippen molar-refractivity contribution in [3.63, 3.8) is 0 Å². The molecule has 0 spiro atoms. The van der Waals surface area contributed by atoms with Crippen LogP contribution in [0.1, 0.15) is 4.88 Å². The molecule has 1 unspecified atom stereocenters. The van der Waals surface area contributed by atoms with Gasteiger partial charge in [0.15, 0.2) is 0 Å². The van der Waals surface area contributed by atoms with Crippen molar-refractivity contribution in [3.05, 3.63) is 20.8 Å². The normalized spacial score (nSPS) is 20.7. The van der Waals surface area contributed by atoms with Gasteiger partial charge >= 0.3 is 0 Å². The Balaban J connectivity index is 1.81. The summed E-state index contributed by atoms with van der Waals surface area (Å²) in [4.78, 5) is 13.0. The van der Waals surface area contributed by atoms with Crippen LogP contribution in [0.5, 0.6) is 0 Å². The van der Waals surface area contributed by atoms with E-state index in [0.29, 0.717) is 6.54 Å². The first-order valence-corrected chi connectivity index (χ1v) is 7.91. The SMILES string of the molecule is O=C(NCc1sccc1Br)C1CSCCN1. The smallest absolute Gasteiger partial charge is 0.238 e. The molecule has 1 amide bonds. The van der Waals surface area contributed by atoms with Crippen molar-refractivity contribution in [2.45, 2.75) is 12.6 Å². The van der Waals surface area contributed by atoms with E-state index >= 15 is 0 Å². The Morgan fingerprint density at radius 2 is 2.56 bits per heavy atom. The van der Waals surface area contributed by atoms with Gasteiger partial charge in [-0.1, -0.05) is 0 Å². The number of rotatable bonds is 3. The third-order valence-corrected chi connectivity index (χ3v) is 5.34. The molecular formula is C10H13BrN2OS2. The molecule has 0 saturated carbocycles. The summed E-state index contributed by atoms with van der Waals surface area (Å²) >= 11 is 6.93. The Bertz CT molecular complexity index is 363. The molecular weight excluding hydrogens is 308 g/mol. The second-order valence-electron chi connectivity index (χ2n) is 3.49. The van der Waals surface area contributed by atoms with Gasteiger partial charge in [0.2, 0.25) is 5.91 Å². The fourth-order valence-electron chi connectivity index (χ4n) is 1.48. The van der Waals surface area contributed by atoms with Gasteiger partial charge in [-0.05, 0) is 27.4 Å². The van der Waals surface area contributed by atoms with Gasteiger partial charge in [0.1, 0.15) is 0 Å². The molecule has 1 saturated heterocycles. The second kappa shape index (κ2) is 6.05. The van der Waals surface area contributed by atoms with Gasteiger partial charge in [-0.3, -0.25) is 4.79 Å². The lowest BCUT2D eigenvalue weighted by Crippen LogP contribution is -2.48. The number of hydrogen-bond donors (Lipinski definition) is 2. The maximum Gasteiger partial charge on any atom is 0.238 e. The summed E-state index contributed by atoms with van der Waals surface area (Å²) in [5, 5.41) is 8.20. The molecule has 1 aliphatic rings. The van der Waals surface area contributed by atoms with E-state index in [-0.39, 0.29) is 11.9 Å². The Kier molecular flexibility index (Phi) is 4.69. The molecule has 88 valence electrons. The lowest BCUT2D eigenvalue weighted by atomic mass is 10.3. The Hall–Kier alpha value is -0.0400. The maximum atomic E-state index is 11.8. The third kappa shape index (κ3) is 3.23. The summed E-state index contributed by atoms with van der Waals surface area (Å²) in [5.41, 5.74) is 0. The van der Waals surface area contributed by atoms with E-state index in [9.17, 15) is 4.79 Å². The number of thioether (sulfide) groups is 1. The van der Waals surface area contributed by atoms with Crippen LogP contribution in [0.2, 0.25) is 0 Å². The molecule has 1 aromatic rings. The maximum absolute atomic E-state index is 11.8. The van der Waals surface area contributed by atoms with E-state index in [1.165, 1.54) is 0 Å². The molecule has 0 aromatic carbocycles. The zero-order valence-electron chi connectivity index (χ0n) is 8.66. The van der Waals surface area contributed by atoms with Crippen molar-refractivity contribution in [1.82, 2.24) is 10.6 Å². The fraction of sp³-hybridized carbons (Fsp3) is 0.500. The number of hydrogen-bond acceptors (Lipinski definition) is 4. The molecule has 16 heavy (non-hydrogen) atoms. The topological polar surface area (TPSA) is 41.1 Å². The van der Waals surface area contributed by atoms with Crippen LogP contribution >= 0.6 is 39.0 Å². The van der Waals surface area contributed by atoms with Gasteiger partial charge in [-0.15, -0.1) is 11.3 Å². The highest BCUT2D eigenvalue weighted by atomic mass is 79.9. The minimum atomic E-state index is -0.0301. The first-order valence-electron chi connectivity index (χ1n) is 5.08. The van der Waals surface area contributed by atoms with Crippen LogP contribution in [-0.4, -0.2) is 30.0 Å². The van der Waals surface area contributed by atoms with Crippen LogP contribution < -0.4 is 10.6 Å². The van der Waals surface area contributed by atoms with Gasteiger partial charge in [0.05, 0.1) is 12.6 Å². The number of thiophene rings is 1. The molecule has 0 aliphatic carbocycles. The standard InChI is InChI=1S/C10H13BrN2OS2/c11-7-1-3-16-9(7)5-13-10(14)8-6-15-4-2-12-8/h1,3,8,12H,2,4-6H2,(H,13,14). The lowest BCUT2D eigenvalue weighted by Gasteiger charge is -2.22. The summed E-state index contributed by atoms with van der Waals surface area (Å²) in [5.74, 6) is 2.07. The van der Waals surface area contributed by atoms with Gasteiger partial charge in [0.25, 0.3) is 0 Å². The largest absolute Gasteiger partial charge is 0.350 e. The third-order valence-electron chi connectivity index (χ3n) is 2.35. The van der Waals surface area contributed by atoms with Crippen molar-refractivity contribution in [1.29, 1.82) is 0 Å². The number of halogens is 1. The van der Waals surface area contributed by atoms with E-state index in [4.69, 9.17) is 0 Å². The lowest BCUT2D eigenvalue weighted by molar-refractivity contribution is -0.122. The Morgan fingerprint density at radius 1 is 1.69 bits per heavy atom. The van der Waals surface area contributed by atoms with Crippen LogP contribution in [0.4, 0.5) is 0 Å². The molecule has 1 aliphatic heterocycles. The van der Waals surface area contributed by atoms with Gasteiger partial charge in [-0.2, -0.15) is 11.8 Å². The molecule has 2 rings (SSSR count). The van der Waals surface area contributed by atoms with E-state index in [1.807, 2.05) is 23.2 Å². The number of carbonyl (C=O) groups excluding carboxylic acids is 1. The summed E-state index contributed by atoms with van der Waals surface area (Å²) in [6.45, 7) is 1.53. The predicted molar refractivity (Wildman–Crippen MR) is 73.0 cm³/mol. The van der Waals surface area contributed by atoms with Crippen LogP contribution in [0.3, 0.4) is 0 Å². The van der Waals surface area contributed by atoms with Gasteiger partial charge in [-0.25, -0.2) is 0 Å². The van der Waals surface area contributed by atoms with Crippen molar-refractivity contribution >= 4 is 44.9 Å². The highest BCUT2D eigenvalue weighted by molar-refractivity contribution is 9.10. The van der Waals surface area contributed by atoms with Crippen molar-refractivity contribution < 1.29 is 4.79 Å². The second-order valence-corrected chi connectivity index (χ2v) is 6.50. The van der Waals surface area contributed by atoms with Crippen LogP contribution in [0.15, 0.2) is 15.9 Å². The quantitative estimate of drug-likeness (QED) is 0.892. The Labute approximate surface area is 112 Å². The average molecular weight is 321 g/mol.